The predicted molar refractivity (Wildman–Crippen MR) is 130 cm³/mol. The lowest BCUT2D eigenvalue weighted by Crippen LogP contribution is -2.37. The third-order valence-electron chi connectivity index (χ3n) is 6.23. The second-order valence-corrected chi connectivity index (χ2v) is 8.69. The van der Waals surface area contributed by atoms with E-state index in [2.05, 4.69) is 23.1 Å². The minimum absolute atomic E-state index is 0.00200. The Kier molecular flexibility index (Phi) is 6.17. The molecule has 3 aromatic rings. The Bertz CT molecular complexity index is 1400. The lowest BCUT2D eigenvalue weighted by atomic mass is 9.80. The average Bonchev–Trinajstić information content (AvgIpc) is 2.84. The zero-order valence-electron chi connectivity index (χ0n) is 18.9. The van der Waals surface area contributed by atoms with Crippen molar-refractivity contribution in [1.29, 1.82) is 5.26 Å². The first-order valence-electron chi connectivity index (χ1n) is 11.3. The molecule has 0 saturated heterocycles. The molecule has 2 aliphatic heterocycles. The van der Waals surface area contributed by atoms with Crippen molar-refractivity contribution in [3.63, 3.8) is 0 Å². The van der Waals surface area contributed by atoms with Gasteiger partial charge in [-0.15, -0.1) is 0 Å². The average molecular weight is 468 g/mol. The maximum Gasteiger partial charge on any atom is 0.205 e. The minimum atomic E-state index is -0.547. The second kappa shape index (κ2) is 9.57. The van der Waals surface area contributed by atoms with Gasteiger partial charge in [-0.3, -0.25) is 4.90 Å². The Labute approximate surface area is 202 Å². The molecule has 0 radical (unpaired) electrons. The Balaban J connectivity index is 1.64. The largest absolute Gasteiger partial charge is 0.440 e. The van der Waals surface area contributed by atoms with Gasteiger partial charge in [0.1, 0.15) is 29.0 Å². The molecule has 35 heavy (non-hydrogen) atoms. The van der Waals surface area contributed by atoms with E-state index in [0.717, 1.165) is 16.7 Å². The highest BCUT2D eigenvalue weighted by molar-refractivity contribution is 5.63. The fourth-order valence-electron chi connectivity index (χ4n) is 4.76. The molecule has 2 heterocycles. The van der Waals surface area contributed by atoms with E-state index in [4.69, 9.17) is 10.5 Å². The fraction of sp³-hybridized carbons (Fsp3) is 0.138. The number of nitrogens with zero attached hydrogens (tertiary/aromatic N) is 2. The summed E-state index contributed by atoms with van der Waals surface area (Å²) in [6.45, 7) is 1.70. The number of hydrogen-bond acceptors (Lipinski definition) is 4. The van der Waals surface area contributed by atoms with Gasteiger partial charge in [0, 0.05) is 25.2 Å². The van der Waals surface area contributed by atoms with Crippen molar-refractivity contribution in [1.82, 2.24) is 4.90 Å². The molecule has 0 bridgehead atoms. The summed E-state index contributed by atoms with van der Waals surface area (Å²) < 4.78 is 34.1. The van der Waals surface area contributed by atoms with E-state index >= 15 is 0 Å². The van der Waals surface area contributed by atoms with Crippen LogP contribution in [-0.2, 0) is 11.3 Å². The van der Waals surface area contributed by atoms with Crippen LogP contribution in [0.3, 0.4) is 0 Å². The summed E-state index contributed by atoms with van der Waals surface area (Å²) in [5.41, 5.74) is 10.6. The Hall–Kier alpha value is -4.21. The Morgan fingerprint density at radius 3 is 2.43 bits per heavy atom. The number of nitrogens with two attached hydrogens (primary N) is 1. The van der Waals surface area contributed by atoms with Gasteiger partial charge in [0.25, 0.3) is 0 Å². The van der Waals surface area contributed by atoms with Crippen LogP contribution in [0.25, 0.3) is 6.08 Å². The molecule has 0 spiro atoms. The van der Waals surface area contributed by atoms with Crippen LogP contribution in [0.5, 0.6) is 0 Å². The van der Waals surface area contributed by atoms with Crippen LogP contribution in [-0.4, -0.2) is 18.0 Å². The molecule has 0 amide bonds. The van der Waals surface area contributed by atoms with E-state index in [9.17, 15) is 14.0 Å². The summed E-state index contributed by atoms with van der Waals surface area (Å²) >= 11 is 0. The molecule has 174 valence electrons. The van der Waals surface area contributed by atoms with Crippen molar-refractivity contribution in [3.05, 3.63) is 136 Å². The number of nitriles is 1. The van der Waals surface area contributed by atoms with Crippen LogP contribution in [0.15, 0.2) is 107 Å². The Morgan fingerprint density at radius 2 is 1.71 bits per heavy atom. The van der Waals surface area contributed by atoms with Gasteiger partial charge in [0.2, 0.25) is 5.88 Å². The predicted octanol–water partition coefficient (Wildman–Crippen LogP) is 5.63. The maximum atomic E-state index is 14.2. The molecule has 4 nitrogen and oxygen atoms in total. The lowest BCUT2D eigenvalue weighted by molar-refractivity contribution is 0.230. The van der Waals surface area contributed by atoms with Crippen molar-refractivity contribution >= 4 is 6.08 Å². The smallest absolute Gasteiger partial charge is 0.205 e. The molecule has 3 aromatic carbocycles. The first-order chi connectivity index (χ1) is 17.0. The van der Waals surface area contributed by atoms with Gasteiger partial charge in [0.05, 0.1) is 5.92 Å². The van der Waals surface area contributed by atoms with Crippen LogP contribution in [0.1, 0.15) is 22.6 Å². The van der Waals surface area contributed by atoms with E-state index in [1.54, 1.807) is 18.2 Å². The topological polar surface area (TPSA) is 62.3 Å². The first-order valence-corrected chi connectivity index (χ1v) is 11.3. The molecule has 0 unspecified atom stereocenters. The van der Waals surface area contributed by atoms with Gasteiger partial charge in [-0.05, 0) is 52.6 Å². The lowest BCUT2D eigenvalue weighted by Gasteiger charge is -2.38. The molecule has 2 aliphatic rings. The Morgan fingerprint density at radius 1 is 0.971 bits per heavy atom. The summed E-state index contributed by atoms with van der Waals surface area (Å²) in [5.74, 6) is -0.709. The molecular weight excluding hydrogens is 444 g/mol. The number of hydrogen-bond donors (Lipinski definition) is 1. The van der Waals surface area contributed by atoms with Gasteiger partial charge >= 0.3 is 0 Å². The maximum absolute atomic E-state index is 14.2. The number of benzene rings is 3. The van der Waals surface area contributed by atoms with Gasteiger partial charge < -0.3 is 10.5 Å². The second-order valence-electron chi connectivity index (χ2n) is 8.69. The highest BCUT2D eigenvalue weighted by Crippen LogP contribution is 2.44. The molecule has 2 N–H and O–H groups in total. The van der Waals surface area contributed by atoms with Crippen LogP contribution in [0.4, 0.5) is 8.78 Å². The third-order valence-corrected chi connectivity index (χ3v) is 6.23. The van der Waals surface area contributed by atoms with Gasteiger partial charge in [-0.1, -0.05) is 54.6 Å². The normalized spacial score (nSPS) is 19.3. The molecule has 1 atom stereocenters. The third kappa shape index (κ3) is 4.72. The number of halogens is 2. The zero-order chi connectivity index (χ0) is 24.4. The summed E-state index contributed by atoms with van der Waals surface area (Å²) in [5, 5.41) is 9.93. The van der Waals surface area contributed by atoms with Gasteiger partial charge in [0.15, 0.2) is 0 Å². The summed E-state index contributed by atoms with van der Waals surface area (Å²) in [7, 11) is 0. The van der Waals surface area contributed by atoms with Crippen LogP contribution in [0.2, 0.25) is 0 Å². The van der Waals surface area contributed by atoms with Crippen molar-refractivity contribution < 1.29 is 13.5 Å². The zero-order valence-corrected chi connectivity index (χ0v) is 18.9. The number of allylic oxidation sites excluding steroid dienone is 1. The van der Waals surface area contributed by atoms with E-state index in [1.807, 2.05) is 30.3 Å². The molecule has 0 aliphatic carbocycles. The van der Waals surface area contributed by atoms with Crippen molar-refractivity contribution in [2.24, 2.45) is 5.73 Å². The van der Waals surface area contributed by atoms with E-state index in [1.165, 1.54) is 24.3 Å². The SMILES string of the molecule is N#CC1=C(N)OC2=C(CN(Cc3ccccc3)C/C2=C/c2cccc(F)c2)[C@H]1c1cccc(F)c1. The standard InChI is InChI=1S/C29H23F2N3O/c30-23-10-4-8-20(13-23)12-22-17-34(16-19-6-2-1-3-7-19)18-26-27(21-9-5-11-24(31)14-21)25(15-32)29(33)35-28(22)26/h1-14,27H,16-18,33H2/b22-12-/t27-/m0/s1. The van der Waals surface area contributed by atoms with E-state index in [-0.39, 0.29) is 23.1 Å². The van der Waals surface area contributed by atoms with Crippen molar-refractivity contribution in [2.45, 2.75) is 12.5 Å². The number of ether oxygens (including phenoxy) is 1. The van der Waals surface area contributed by atoms with Gasteiger partial charge in [-0.25, -0.2) is 8.78 Å². The van der Waals surface area contributed by atoms with Crippen LogP contribution < -0.4 is 5.73 Å². The molecule has 5 rings (SSSR count). The molecular formula is C29H23F2N3O. The quantitative estimate of drug-likeness (QED) is 0.541. The highest BCUT2D eigenvalue weighted by atomic mass is 19.1. The summed E-state index contributed by atoms with van der Waals surface area (Å²) in [6, 6.07) is 24.8. The van der Waals surface area contributed by atoms with Crippen LogP contribution in [0, 0.1) is 23.0 Å². The van der Waals surface area contributed by atoms with Crippen LogP contribution >= 0.6 is 0 Å². The number of rotatable bonds is 4. The monoisotopic (exact) mass is 467 g/mol. The highest BCUT2D eigenvalue weighted by Gasteiger charge is 2.37. The summed E-state index contributed by atoms with van der Waals surface area (Å²) in [4.78, 5) is 2.23. The molecule has 6 heteroatoms. The summed E-state index contributed by atoms with van der Waals surface area (Å²) in [6.07, 6.45) is 1.88. The van der Waals surface area contributed by atoms with Crippen molar-refractivity contribution in [2.75, 3.05) is 13.1 Å². The minimum Gasteiger partial charge on any atom is -0.440 e. The van der Waals surface area contributed by atoms with Crippen molar-refractivity contribution in [3.8, 4) is 6.07 Å². The molecule has 0 fully saturated rings. The van der Waals surface area contributed by atoms with E-state index in [0.29, 0.717) is 36.5 Å². The molecule has 0 saturated carbocycles. The first kappa shape index (κ1) is 22.6. The molecule has 0 aromatic heterocycles. The fourth-order valence-corrected chi connectivity index (χ4v) is 4.76. The van der Waals surface area contributed by atoms with Gasteiger partial charge in [-0.2, -0.15) is 5.26 Å². The van der Waals surface area contributed by atoms with E-state index < -0.39 is 5.92 Å².